The summed E-state index contributed by atoms with van der Waals surface area (Å²) in [5.41, 5.74) is 2.44. The molecule has 31 heavy (non-hydrogen) atoms. The molecule has 154 valence electrons. The van der Waals surface area contributed by atoms with E-state index in [1.807, 2.05) is 72.8 Å². The number of nitrogens with zero attached hydrogens (tertiary/aromatic N) is 1. The van der Waals surface area contributed by atoms with Crippen molar-refractivity contribution in [3.63, 3.8) is 0 Å². The number of amides is 1. The van der Waals surface area contributed by atoms with Gasteiger partial charge in [-0.2, -0.15) is 0 Å². The van der Waals surface area contributed by atoms with Crippen molar-refractivity contribution in [3.8, 4) is 11.5 Å². The highest BCUT2D eigenvalue weighted by Crippen LogP contribution is 2.25. The molecule has 1 aromatic heterocycles. The van der Waals surface area contributed by atoms with Crippen LogP contribution >= 0.6 is 0 Å². The minimum absolute atomic E-state index is 0.0322. The molecule has 5 heteroatoms. The summed E-state index contributed by atoms with van der Waals surface area (Å²) in [6, 6.07) is 29.5. The van der Waals surface area contributed by atoms with Crippen LogP contribution in [0.1, 0.15) is 21.5 Å². The molecular weight excluding hydrogens is 388 g/mol. The van der Waals surface area contributed by atoms with Gasteiger partial charge < -0.3 is 14.6 Å². The minimum atomic E-state index is -0.202. The summed E-state index contributed by atoms with van der Waals surface area (Å²) in [6.07, 6.45) is 1.77. The molecule has 0 aliphatic heterocycles. The molecule has 0 fully saturated rings. The highest BCUT2D eigenvalue weighted by molar-refractivity contribution is 5.96. The predicted molar refractivity (Wildman–Crippen MR) is 120 cm³/mol. The molecule has 0 unspecified atom stereocenters. The first-order valence-electron chi connectivity index (χ1n) is 10.0. The zero-order chi connectivity index (χ0) is 21.5. The first-order valence-corrected chi connectivity index (χ1v) is 10.0. The van der Waals surface area contributed by atoms with Gasteiger partial charge in [0.25, 0.3) is 11.5 Å². The van der Waals surface area contributed by atoms with Crippen LogP contribution in [0.15, 0.2) is 108 Å². The highest BCUT2D eigenvalue weighted by Gasteiger charge is 2.12. The van der Waals surface area contributed by atoms with Gasteiger partial charge in [0, 0.05) is 18.8 Å². The third-order valence-electron chi connectivity index (χ3n) is 4.83. The van der Waals surface area contributed by atoms with Crippen LogP contribution in [0.25, 0.3) is 0 Å². The van der Waals surface area contributed by atoms with E-state index in [4.69, 9.17) is 4.74 Å². The van der Waals surface area contributed by atoms with E-state index in [9.17, 15) is 9.59 Å². The maximum absolute atomic E-state index is 12.7. The van der Waals surface area contributed by atoms with Gasteiger partial charge >= 0.3 is 0 Å². The van der Waals surface area contributed by atoms with Crippen LogP contribution in [0, 0.1) is 0 Å². The summed E-state index contributed by atoms with van der Waals surface area (Å²) in [7, 11) is 0. The van der Waals surface area contributed by atoms with Crippen LogP contribution in [0.3, 0.4) is 0 Å². The van der Waals surface area contributed by atoms with Crippen molar-refractivity contribution >= 4 is 5.91 Å². The third-order valence-corrected chi connectivity index (χ3v) is 4.83. The Hall–Kier alpha value is -4.12. The third kappa shape index (κ3) is 5.28. The molecule has 1 heterocycles. The number of carbonyl (C=O) groups excluding carboxylic acids is 1. The van der Waals surface area contributed by atoms with Gasteiger partial charge in [-0.25, -0.2) is 0 Å². The predicted octanol–water partition coefficient (Wildman–Crippen LogP) is 4.62. The SMILES string of the molecule is O=C(NCc1ccc(Cn2ccccc2=O)cc1)c1ccccc1Oc1ccccc1. The molecule has 0 atom stereocenters. The smallest absolute Gasteiger partial charge is 0.255 e. The monoisotopic (exact) mass is 410 g/mol. The molecule has 0 radical (unpaired) electrons. The van der Waals surface area contributed by atoms with Crippen LogP contribution in [0.4, 0.5) is 0 Å². The van der Waals surface area contributed by atoms with Gasteiger partial charge in [-0.05, 0) is 41.5 Å². The number of hydrogen-bond acceptors (Lipinski definition) is 3. The Morgan fingerprint density at radius 1 is 0.774 bits per heavy atom. The summed E-state index contributed by atoms with van der Waals surface area (Å²) >= 11 is 0. The lowest BCUT2D eigenvalue weighted by Gasteiger charge is -2.12. The van der Waals surface area contributed by atoms with Crippen molar-refractivity contribution in [3.05, 3.63) is 130 Å². The minimum Gasteiger partial charge on any atom is -0.457 e. The number of aromatic nitrogens is 1. The van der Waals surface area contributed by atoms with E-state index in [1.54, 1.807) is 35.0 Å². The lowest BCUT2D eigenvalue weighted by molar-refractivity contribution is 0.0948. The second-order valence-electron chi connectivity index (χ2n) is 7.08. The fourth-order valence-corrected chi connectivity index (χ4v) is 3.19. The van der Waals surface area contributed by atoms with Gasteiger partial charge in [0.2, 0.25) is 0 Å². The average molecular weight is 410 g/mol. The number of hydrogen-bond donors (Lipinski definition) is 1. The second-order valence-corrected chi connectivity index (χ2v) is 7.08. The summed E-state index contributed by atoms with van der Waals surface area (Å²) in [4.78, 5) is 24.6. The molecule has 0 bridgehead atoms. The summed E-state index contributed by atoms with van der Waals surface area (Å²) in [5, 5.41) is 2.95. The van der Waals surface area contributed by atoms with Crippen LogP contribution in [0.2, 0.25) is 0 Å². The maximum atomic E-state index is 12.7. The number of nitrogens with one attached hydrogen (secondary N) is 1. The average Bonchev–Trinajstić information content (AvgIpc) is 2.81. The van der Waals surface area contributed by atoms with Gasteiger partial charge in [-0.3, -0.25) is 9.59 Å². The lowest BCUT2D eigenvalue weighted by atomic mass is 10.1. The number of ether oxygens (including phenoxy) is 1. The molecule has 4 rings (SSSR count). The molecule has 0 aliphatic rings. The molecular formula is C26H22N2O3. The molecule has 0 aliphatic carbocycles. The van der Waals surface area contributed by atoms with Gasteiger partial charge in [-0.15, -0.1) is 0 Å². The number of pyridine rings is 1. The van der Waals surface area contributed by atoms with E-state index in [-0.39, 0.29) is 11.5 Å². The Morgan fingerprint density at radius 3 is 2.23 bits per heavy atom. The molecule has 4 aromatic rings. The molecule has 0 saturated carbocycles. The first kappa shape index (κ1) is 20.2. The summed E-state index contributed by atoms with van der Waals surface area (Å²) < 4.78 is 7.53. The van der Waals surface area contributed by atoms with Gasteiger partial charge in [0.05, 0.1) is 12.1 Å². The summed E-state index contributed by atoms with van der Waals surface area (Å²) in [5.74, 6) is 0.983. The molecule has 1 N–H and O–H groups in total. The normalized spacial score (nSPS) is 10.5. The standard InChI is InChI=1S/C26H22N2O3/c29-25-12-6-7-17-28(25)19-21-15-13-20(14-16-21)18-27-26(30)23-10-4-5-11-24(23)31-22-8-2-1-3-9-22/h1-17H,18-19H2,(H,27,30). The van der Waals surface area contributed by atoms with Crippen LogP contribution in [-0.2, 0) is 13.1 Å². The van der Waals surface area contributed by atoms with Crippen molar-refractivity contribution in [2.24, 2.45) is 0 Å². The Bertz CT molecular complexity index is 1220. The van der Waals surface area contributed by atoms with Crippen molar-refractivity contribution in [1.29, 1.82) is 0 Å². The van der Waals surface area contributed by atoms with E-state index in [0.717, 1.165) is 11.1 Å². The first-order chi connectivity index (χ1) is 15.2. The summed E-state index contributed by atoms with van der Waals surface area (Å²) in [6.45, 7) is 0.903. The van der Waals surface area contributed by atoms with E-state index in [0.29, 0.717) is 30.2 Å². The molecule has 3 aromatic carbocycles. The van der Waals surface area contributed by atoms with Crippen molar-refractivity contribution in [2.45, 2.75) is 13.1 Å². The lowest BCUT2D eigenvalue weighted by Crippen LogP contribution is -2.23. The largest absolute Gasteiger partial charge is 0.457 e. The van der Waals surface area contributed by atoms with Crippen molar-refractivity contribution < 1.29 is 9.53 Å². The van der Waals surface area contributed by atoms with Gasteiger partial charge in [0.1, 0.15) is 11.5 Å². The second kappa shape index (κ2) is 9.59. The number of benzene rings is 3. The van der Waals surface area contributed by atoms with Crippen LogP contribution in [-0.4, -0.2) is 10.5 Å². The zero-order valence-electron chi connectivity index (χ0n) is 16.9. The topological polar surface area (TPSA) is 60.3 Å². The van der Waals surface area contributed by atoms with Gasteiger partial charge in [-0.1, -0.05) is 60.7 Å². The fourth-order valence-electron chi connectivity index (χ4n) is 3.19. The zero-order valence-corrected chi connectivity index (χ0v) is 16.9. The van der Waals surface area contributed by atoms with Crippen molar-refractivity contribution in [1.82, 2.24) is 9.88 Å². The number of rotatable bonds is 7. The molecule has 1 amide bonds. The number of carbonyl (C=O) groups is 1. The van der Waals surface area contributed by atoms with Crippen molar-refractivity contribution in [2.75, 3.05) is 0 Å². The number of para-hydroxylation sites is 2. The van der Waals surface area contributed by atoms with Gasteiger partial charge in [0.15, 0.2) is 0 Å². The molecule has 0 spiro atoms. The van der Waals surface area contributed by atoms with E-state index in [1.165, 1.54) is 0 Å². The van der Waals surface area contributed by atoms with Crippen LogP contribution < -0.4 is 15.6 Å². The Balaban J connectivity index is 1.39. The van der Waals surface area contributed by atoms with E-state index >= 15 is 0 Å². The quantitative estimate of drug-likeness (QED) is 0.484. The van der Waals surface area contributed by atoms with E-state index in [2.05, 4.69) is 5.32 Å². The maximum Gasteiger partial charge on any atom is 0.255 e. The Kier molecular flexibility index (Phi) is 6.24. The Labute approximate surface area is 180 Å². The Morgan fingerprint density at radius 2 is 1.45 bits per heavy atom. The highest BCUT2D eigenvalue weighted by atomic mass is 16.5. The fraction of sp³-hybridized carbons (Fsp3) is 0.0769. The van der Waals surface area contributed by atoms with Crippen LogP contribution in [0.5, 0.6) is 11.5 Å². The molecule has 5 nitrogen and oxygen atoms in total. The van der Waals surface area contributed by atoms with E-state index < -0.39 is 0 Å². The molecule has 0 saturated heterocycles.